The molecule has 0 bridgehead atoms. The van der Waals surface area contributed by atoms with Crippen LogP contribution >= 0.6 is 0 Å². The molecule has 0 saturated carbocycles. The van der Waals surface area contributed by atoms with Crippen LogP contribution in [0.5, 0.6) is 0 Å². The van der Waals surface area contributed by atoms with Crippen molar-refractivity contribution < 1.29 is 62.9 Å². The van der Waals surface area contributed by atoms with E-state index in [-0.39, 0.29) is 31.0 Å². The van der Waals surface area contributed by atoms with Gasteiger partial charge in [-0.3, -0.25) is 14.4 Å². The van der Waals surface area contributed by atoms with E-state index in [4.69, 9.17) is 33.2 Å². The van der Waals surface area contributed by atoms with Crippen molar-refractivity contribution >= 4 is 17.7 Å². The second kappa shape index (κ2) is 25.7. The van der Waals surface area contributed by atoms with Crippen LogP contribution in [0.2, 0.25) is 0 Å². The number of aliphatic hydroxyl groups excluding tert-OH is 2. The van der Waals surface area contributed by atoms with Gasteiger partial charge in [-0.25, -0.2) is 0 Å². The Labute approximate surface area is 381 Å². The molecule has 4 N–H and O–H groups in total. The van der Waals surface area contributed by atoms with E-state index >= 15 is 0 Å². The van der Waals surface area contributed by atoms with Gasteiger partial charge in [0.05, 0.1) is 36.9 Å². The van der Waals surface area contributed by atoms with Crippen LogP contribution in [0.15, 0.2) is 54.6 Å². The molecular weight excluding hydrogens is 825 g/mol. The maximum Gasteiger partial charge on any atom is 0.308 e. The van der Waals surface area contributed by atoms with E-state index in [0.717, 1.165) is 19.4 Å². The second-order valence-corrected chi connectivity index (χ2v) is 18.9. The smallest absolute Gasteiger partial charge is 0.308 e. The van der Waals surface area contributed by atoms with Crippen LogP contribution in [-0.4, -0.2) is 151 Å². The molecule has 64 heavy (non-hydrogen) atoms. The molecule has 3 aliphatic heterocycles. The maximum atomic E-state index is 13.5. The van der Waals surface area contributed by atoms with Gasteiger partial charge in [0, 0.05) is 32.3 Å². The largest absolute Gasteiger partial charge is 0.462 e. The SMILES string of the molecule is CO[C@@H]1[C@@H](O[C@@H]2O[C@H](C)[C@@H](OC3CC(C)(O)C(OC(=O)CC(C)C)C(C)O3)[C@H](N(C)C)[C@H]2O)[C@@H](CCNCCCc2ccccc2)C[C@@H](C)C(=O)C=CC=CC[C@@H](C)OC(=O)C[C@H]1O. The van der Waals surface area contributed by atoms with Gasteiger partial charge in [-0.15, -0.1) is 0 Å². The Hall–Kier alpha value is -3.09. The molecule has 15 nitrogen and oxygen atoms in total. The Bertz CT molecular complexity index is 1640. The van der Waals surface area contributed by atoms with Crippen LogP contribution < -0.4 is 5.32 Å². The minimum Gasteiger partial charge on any atom is -0.462 e. The van der Waals surface area contributed by atoms with Crippen LogP contribution in [0.4, 0.5) is 0 Å². The van der Waals surface area contributed by atoms with Gasteiger partial charge >= 0.3 is 11.9 Å². The molecule has 15 atom stereocenters. The molecule has 3 heterocycles. The number of cyclic esters (lactones) is 1. The molecule has 0 aromatic heterocycles. The van der Waals surface area contributed by atoms with Gasteiger partial charge in [-0.1, -0.05) is 69.3 Å². The van der Waals surface area contributed by atoms with E-state index in [9.17, 15) is 29.7 Å². The predicted molar refractivity (Wildman–Crippen MR) is 241 cm³/mol. The minimum atomic E-state index is -1.48. The van der Waals surface area contributed by atoms with Crippen LogP contribution in [0, 0.1) is 17.8 Å². The number of hydrogen-bond donors (Lipinski definition) is 4. The standard InChI is InChI=1S/C49H78N2O13/c1-30(2)26-39(54)62-47-34(6)60-41(29-49(47,7)57)63-44-33(5)61-48(43(56)42(44)51(8)9)64-45-36(23-25-50-24-17-21-35-19-14-12-15-20-35)27-31(3)37(52)22-16-11-13-18-32(4)59-40(55)28-38(53)46(45)58-10/h11-16,19-20,22,30-34,36,38,41-48,50,53,56-57H,17-18,21,23-29H2,1-10H3/t31-,32-,33-,34?,36+,38-,41?,42-,43-,44-,45+,46+,47?,48+,49?/m1/s1. The van der Waals surface area contributed by atoms with Crippen molar-refractivity contribution in [1.82, 2.24) is 10.2 Å². The third kappa shape index (κ3) is 16.1. The van der Waals surface area contributed by atoms with E-state index < -0.39 is 103 Å². The predicted octanol–water partition coefficient (Wildman–Crippen LogP) is 4.67. The molecule has 0 spiro atoms. The number of rotatable bonds is 16. The fraction of sp³-hybridized carbons (Fsp3) is 0.735. The van der Waals surface area contributed by atoms with Crippen molar-refractivity contribution in [1.29, 1.82) is 0 Å². The van der Waals surface area contributed by atoms with Gasteiger partial charge in [0.15, 0.2) is 24.5 Å². The first kappa shape index (κ1) is 53.5. The Kier molecular flexibility index (Phi) is 21.5. The first-order chi connectivity index (χ1) is 30.3. The van der Waals surface area contributed by atoms with Crippen molar-refractivity contribution in [3.8, 4) is 0 Å². The average Bonchev–Trinajstić information content (AvgIpc) is 3.20. The number of aliphatic hydroxyl groups is 3. The maximum absolute atomic E-state index is 13.5. The number of nitrogens with one attached hydrogen (secondary N) is 1. The zero-order valence-corrected chi connectivity index (χ0v) is 39.8. The summed E-state index contributed by atoms with van der Waals surface area (Å²) >= 11 is 0. The number of aryl methyl sites for hydroxylation is 1. The Morgan fingerprint density at radius 3 is 2.34 bits per heavy atom. The van der Waals surface area contributed by atoms with Gasteiger partial charge in [0.2, 0.25) is 0 Å². The molecule has 0 amide bonds. The highest BCUT2D eigenvalue weighted by Gasteiger charge is 2.52. The number of carbonyl (C=O) groups excluding carboxylic acids is 3. The molecule has 4 rings (SSSR count). The number of methoxy groups -OCH3 is 1. The van der Waals surface area contributed by atoms with E-state index in [2.05, 4.69) is 17.4 Å². The summed E-state index contributed by atoms with van der Waals surface area (Å²) in [5, 5.41) is 39.1. The molecule has 1 aromatic rings. The van der Waals surface area contributed by atoms with Crippen molar-refractivity contribution in [3.63, 3.8) is 0 Å². The highest BCUT2D eigenvalue weighted by molar-refractivity contribution is 5.91. The summed E-state index contributed by atoms with van der Waals surface area (Å²) in [6.07, 6.45) is -0.911. The van der Waals surface area contributed by atoms with Gasteiger partial charge in [0.25, 0.3) is 0 Å². The van der Waals surface area contributed by atoms with Crippen LogP contribution in [0.3, 0.4) is 0 Å². The highest BCUT2D eigenvalue weighted by Crippen LogP contribution is 2.37. The Morgan fingerprint density at radius 2 is 1.69 bits per heavy atom. The summed E-state index contributed by atoms with van der Waals surface area (Å²) in [6, 6.07) is 9.53. The quantitative estimate of drug-likeness (QED) is 0.132. The molecule has 2 fully saturated rings. The molecule has 2 saturated heterocycles. The summed E-state index contributed by atoms with van der Waals surface area (Å²) < 4.78 is 43.4. The first-order valence-corrected chi connectivity index (χ1v) is 23.2. The monoisotopic (exact) mass is 903 g/mol. The fourth-order valence-corrected chi connectivity index (χ4v) is 9.08. The van der Waals surface area contributed by atoms with E-state index in [0.29, 0.717) is 25.8 Å². The number of benzene rings is 1. The Balaban J connectivity index is 1.60. The van der Waals surface area contributed by atoms with E-state index in [1.807, 2.05) is 49.9 Å². The van der Waals surface area contributed by atoms with Gasteiger partial charge in [0.1, 0.15) is 30.0 Å². The number of hydrogen-bond acceptors (Lipinski definition) is 15. The lowest BCUT2D eigenvalue weighted by Crippen LogP contribution is -2.66. The topological polar surface area (TPSA) is 192 Å². The summed E-state index contributed by atoms with van der Waals surface area (Å²) in [5.74, 6) is -1.92. The summed E-state index contributed by atoms with van der Waals surface area (Å²) in [4.78, 5) is 41.1. The first-order valence-electron chi connectivity index (χ1n) is 23.2. The number of esters is 2. The molecule has 362 valence electrons. The van der Waals surface area contributed by atoms with Gasteiger partial charge in [-0.05, 0) is 104 Å². The fourth-order valence-electron chi connectivity index (χ4n) is 9.08. The molecule has 0 radical (unpaired) electrons. The van der Waals surface area contributed by atoms with Crippen molar-refractivity contribution in [2.45, 2.75) is 179 Å². The lowest BCUT2D eigenvalue weighted by molar-refractivity contribution is -0.344. The summed E-state index contributed by atoms with van der Waals surface area (Å²) in [6.45, 7) is 13.8. The average molecular weight is 903 g/mol. The Morgan fingerprint density at radius 1 is 0.969 bits per heavy atom. The van der Waals surface area contributed by atoms with Crippen molar-refractivity contribution in [3.05, 3.63) is 60.2 Å². The minimum absolute atomic E-state index is 0.0165. The number of carbonyl (C=O) groups is 3. The molecule has 15 heteroatoms. The normalized spacial score (nSPS) is 36.0. The summed E-state index contributed by atoms with van der Waals surface area (Å²) in [5.41, 5.74) is -0.229. The van der Waals surface area contributed by atoms with E-state index in [1.54, 1.807) is 53.9 Å². The molecule has 1 aromatic carbocycles. The zero-order valence-electron chi connectivity index (χ0n) is 39.8. The molecule has 4 unspecified atom stereocenters. The van der Waals surface area contributed by atoms with Gasteiger partial charge in [-0.2, -0.15) is 0 Å². The third-order valence-electron chi connectivity index (χ3n) is 12.4. The van der Waals surface area contributed by atoms with Crippen LogP contribution in [0.25, 0.3) is 0 Å². The highest BCUT2D eigenvalue weighted by atomic mass is 16.7. The number of nitrogens with zero attached hydrogens (tertiary/aromatic N) is 1. The second-order valence-electron chi connectivity index (χ2n) is 18.9. The lowest BCUT2D eigenvalue weighted by Gasteiger charge is -2.50. The van der Waals surface area contributed by atoms with Crippen LogP contribution in [0.1, 0.15) is 99.0 Å². The van der Waals surface area contributed by atoms with Crippen molar-refractivity contribution in [2.24, 2.45) is 17.8 Å². The number of ether oxygens (including phenoxy) is 7. The van der Waals surface area contributed by atoms with Crippen molar-refractivity contribution in [2.75, 3.05) is 34.3 Å². The number of ketones is 1. The molecule has 0 aliphatic carbocycles. The molecule has 3 aliphatic rings. The molecular formula is C49H78N2O13. The number of allylic oxidation sites excluding steroid dienone is 3. The van der Waals surface area contributed by atoms with Gasteiger partial charge < -0.3 is 58.7 Å². The summed E-state index contributed by atoms with van der Waals surface area (Å²) in [7, 11) is 5.03. The van der Waals surface area contributed by atoms with E-state index in [1.165, 1.54) is 18.7 Å². The lowest BCUT2D eigenvalue weighted by atomic mass is 9.82. The van der Waals surface area contributed by atoms with Crippen LogP contribution in [-0.2, 0) is 54.0 Å². The third-order valence-corrected chi connectivity index (χ3v) is 12.4. The zero-order chi connectivity index (χ0) is 47.1. The number of likely N-dealkylation sites (N-methyl/N-ethyl adjacent to an activating group) is 1.